The number of carboxylic acid groups (broad SMARTS) is 1. The molecule has 2 aromatic carbocycles. The number of carbonyl (C=O) groups excluding carboxylic acids is 1. The molecule has 0 unspecified atom stereocenters. The van der Waals surface area contributed by atoms with Gasteiger partial charge in [-0.2, -0.15) is 0 Å². The predicted molar refractivity (Wildman–Crippen MR) is 117 cm³/mol. The van der Waals surface area contributed by atoms with E-state index in [4.69, 9.17) is 4.74 Å². The van der Waals surface area contributed by atoms with Crippen molar-refractivity contribution in [3.63, 3.8) is 0 Å². The van der Waals surface area contributed by atoms with Gasteiger partial charge in [0.15, 0.2) is 0 Å². The Labute approximate surface area is 180 Å². The summed E-state index contributed by atoms with van der Waals surface area (Å²) < 4.78 is 5.39. The van der Waals surface area contributed by atoms with Gasteiger partial charge in [0, 0.05) is 48.1 Å². The van der Waals surface area contributed by atoms with Crippen LogP contribution in [0.5, 0.6) is 0 Å². The lowest BCUT2D eigenvalue weighted by Gasteiger charge is -2.33. The highest BCUT2D eigenvalue weighted by molar-refractivity contribution is 7.99. The number of rotatable bonds is 5. The van der Waals surface area contributed by atoms with Gasteiger partial charge >= 0.3 is 6.09 Å². The number of amides is 2. The molecule has 1 N–H and O–H groups in total. The number of fused-ring (bicyclic) bond motifs is 2. The van der Waals surface area contributed by atoms with Gasteiger partial charge in [-0.25, -0.2) is 4.79 Å². The lowest BCUT2D eigenvalue weighted by molar-refractivity contribution is -0.118. The van der Waals surface area contributed by atoms with Crippen LogP contribution < -0.4 is 9.80 Å². The second-order valence-corrected chi connectivity index (χ2v) is 8.27. The third-order valence-electron chi connectivity index (χ3n) is 5.36. The molecule has 2 aromatic rings. The molecule has 2 amide bonds. The van der Waals surface area contributed by atoms with E-state index in [9.17, 15) is 14.7 Å². The molecule has 7 nitrogen and oxygen atoms in total. The molecule has 30 heavy (non-hydrogen) atoms. The second-order valence-electron chi connectivity index (χ2n) is 7.18. The van der Waals surface area contributed by atoms with E-state index in [0.717, 1.165) is 34.3 Å². The van der Waals surface area contributed by atoms with Crippen LogP contribution >= 0.6 is 11.8 Å². The Morgan fingerprint density at radius 3 is 2.57 bits per heavy atom. The number of para-hydroxylation sites is 1. The normalized spacial score (nSPS) is 16.0. The van der Waals surface area contributed by atoms with E-state index in [1.54, 1.807) is 29.7 Å². The average molecular weight is 428 g/mol. The van der Waals surface area contributed by atoms with Gasteiger partial charge in [-0.05, 0) is 37.3 Å². The van der Waals surface area contributed by atoms with E-state index >= 15 is 0 Å². The largest absolute Gasteiger partial charge is 0.465 e. The van der Waals surface area contributed by atoms with Crippen molar-refractivity contribution >= 4 is 40.8 Å². The summed E-state index contributed by atoms with van der Waals surface area (Å²) in [6, 6.07) is 13.3. The van der Waals surface area contributed by atoms with Crippen LogP contribution in [-0.2, 0) is 9.53 Å². The van der Waals surface area contributed by atoms with Crippen molar-refractivity contribution in [2.24, 2.45) is 0 Å². The number of anilines is 3. The highest BCUT2D eigenvalue weighted by Crippen LogP contribution is 2.49. The van der Waals surface area contributed by atoms with Crippen molar-refractivity contribution in [2.75, 3.05) is 49.2 Å². The van der Waals surface area contributed by atoms with Crippen LogP contribution in [0.4, 0.5) is 21.9 Å². The average Bonchev–Trinajstić information content (AvgIpc) is 2.76. The minimum atomic E-state index is -1.01. The number of ether oxygens (including phenoxy) is 1. The zero-order valence-electron chi connectivity index (χ0n) is 16.9. The molecule has 2 heterocycles. The maximum absolute atomic E-state index is 13.4. The molecular weight excluding hydrogens is 402 g/mol. The lowest BCUT2D eigenvalue weighted by atomic mass is 10.1. The fraction of sp³-hybridized carbons (Fsp3) is 0.364. The number of carbonyl (C=O) groups is 2. The highest BCUT2D eigenvalue weighted by atomic mass is 32.2. The molecule has 2 aliphatic rings. The molecule has 2 aliphatic heterocycles. The molecule has 0 atom stereocenters. The van der Waals surface area contributed by atoms with E-state index in [-0.39, 0.29) is 5.91 Å². The summed E-state index contributed by atoms with van der Waals surface area (Å²) in [5.41, 5.74) is 2.15. The van der Waals surface area contributed by atoms with Gasteiger partial charge in [0.25, 0.3) is 0 Å². The first kappa shape index (κ1) is 20.7. The molecule has 158 valence electrons. The maximum atomic E-state index is 13.4. The van der Waals surface area contributed by atoms with Crippen molar-refractivity contribution in [3.05, 3.63) is 42.5 Å². The van der Waals surface area contributed by atoms with Gasteiger partial charge in [-0.15, -0.1) is 0 Å². The van der Waals surface area contributed by atoms with Gasteiger partial charge in [-0.1, -0.05) is 23.9 Å². The molecule has 8 heteroatoms. The fourth-order valence-electron chi connectivity index (χ4n) is 3.80. The van der Waals surface area contributed by atoms with E-state index in [0.29, 0.717) is 38.4 Å². The van der Waals surface area contributed by atoms with Gasteiger partial charge in [-0.3, -0.25) is 19.5 Å². The topological polar surface area (TPSA) is 73.3 Å². The van der Waals surface area contributed by atoms with Crippen molar-refractivity contribution in [1.29, 1.82) is 0 Å². The summed E-state index contributed by atoms with van der Waals surface area (Å²) in [6.07, 6.45) is -0.620. The maximum Gasteiger partial charge on any atom is 0.411 e. The monoisotopic (exact) mass is 427 g/mol. The molecule has 0 radical (unpaired) electrons. The van der Waals surface area contributed by atoms with Gasteiger partial charge in [0.1, 0.15) is 0 Å². The number of morpholine rings is 1. The lowest BCUT2D eigenvalue weighted by Crippen LogP contribution is -2.39. The Bertz CT molecular complexity index is 946. The van der Waals surface area contributed by atoms with Crippen LogP contribution in [0.25, 0.3) is 0 Å². The summed E-state index contributed by atoms with van der Waals surface area (Å²) >= 11 is 1.60. The molecule has 1 saturated heterocycles. The first-order valence-electron chi connectivity index (χ1n) is 10.1. The number of nitrogens with zero attached hydrogens (tertiary/aromatic N) is 3. The summed E-state index contributed by atoms with van der Waals surface area (Å²) in [4.78, 5) is 32.2. The van der Waals surface area contributed by atoms with Crippen LogP contribution in [0.1, 0.15) is 13.3 Å². The van der Waals surface area contributed by atoms with Crippen LogP contribution in [0, 0.1) is 0 Å². The first-order valence-corrected chi connectivity index (χ1v) is 10.9. The van der Waals surface area contributed by atoms with E-state index in [1.807, 2.05) is 36.4 Å². The molecule has 0 spiro atoms. The molecule has 0 saturated carbocycles. The Balaban J connectivity index is 1.66. The predicted octanol–water partition coefficient (Wildman–Crippen LogP) is 4.04. The van der Waals surface area contributed by atoms with Crippen LogP contribution in [-0.4, -0.2) is 61.4 Å². The Hall–Kier alpha value is -2.55. The van der Waals surface area contributed by atoms with Crippen molar-refractivity contribution in [1.82, 2.24) is 4.90 Å². The summed E-state index contributed by atoms with van der Waals surface area (Å²) in [5.74, 6) is 0.00557. The van der Waals surface area contributed by atoms with E-state index in [1.165, 1.54) is 4.90 Å². The molecule has 0 aromatic heterocycles. The molecular formula is C22H25N3O4S. The molecule has 0 bridgehead atoms. The number of hydrogen-bond acceptors (Lipinski definition) is 5. The standard InChI is InChI=1S/C22H25N3O4S/c1-2-24(22(27)28)16-7-8-20-18(15-16)25(17-5-3-4-6-19(17)30-20)21(26)9-10-23-11-13-29-14-12-23/h3-8,15H,2,9-14H2,1H3,(H,27,28). The third-order valence-corrected chi connectivity index (χ3v) is 6.49. The van der Waals surface area contributed by atoms with Gasteiger partial charge in [0.05, 0.1) is 24.6 Å². The highest BCUT2D eigenvalue weighted by Gasteiger charge is 2.29. The summed E-state index contributed by atoms with van der Waals surface area (Å²) in [7, 11) is 0. The Morgan fingerprint density at radius 2 is 1.83 bits per heavy atom. The molecule has 1 fully saturated rings. The van der Waals surface area contributed by atoms with Gasteiger partial charge < -0.3 is 9.84 Å². The van der Waals surface area contributed by atoms with Crippen LogP contribution in [0.2, 0.25) is 0 Å². The van der Waals surface area contributed by atoms with E-state index < -0.39 is 6.09 Å². The van der Waals surface area contributed by atoms with Crippen LogP contribution in [0.3, 0.4) is 0 Å². The van der Waals surface area contributed by atoms with Gasteiger partial charge in [0.2, 0.25) is 5.91 Å². The minimum Gasteiger partial charge on any atom is -0.465 e. The SMILES string of the molecule is CCN(C(=O)O)c1ccc2c(c1)N(C(=O)CCN1CCOCC1)c1ccccc1S2. The quantitative estimate of drug-likeness (QED) is 0.776. The second kappa shape index (κ2) is 9.07. The molecule has 4 rings (SSSR count). The number of hydrogen-bond donors (Lipinski definition) is 1. The van der Waals surface area contributed by atoms with Crippen LogP contribution in [0.15, 0.2) is 52.3 Å². The summed E-state index contributed by atoms with van der Waals surface area (Å²) in [6.45, 7) is 5.89. The first-order chi connectivity index (χ1) is 14.6. The van der Waals surface area contributed by atoms with Crippen molar-refractivity contribution in [2.45, 2.75) is 23.1 Å². The van der Waals surface area contributed by atoms with Crippen molar-refractivity contribution < 1.29 is 19.4 Å². The number of benzene rings is 2. The zero-order valence-corrected chi connectivity index (χ0v) is 17.7. The molecule has 0 aliphatic carbocycles. The van der Waals surface area contributed by atoms with E-state index in [2.05, 4.69) is 4.90 Å². The third kappa shape index (κ3) is 4.16. The fourth-order valence-corrected chi connectivity index (χ4v) is 4.84. The Morgan fingerprint density at radius 1 is 1.10 bits per heavy atom. The summed E-state index contributed by atoms with van der Waals surface area (Å²) in [5, 5.41) is 9.52. The smallest absolute Gasteiger partial charge is 0.411 e. The Kier molecular flexibility index (Phi) is 6.26. The van der Waals surface area contributed by atoms with Crippen molar-refractivity contribution in [3.8, 4) is 0 Å². The zero-order chi connectivity index (χ0) is 21.1. The minimum absolute atomic E-state index is 0.00557.